The number of para-hydroxylation sites is 1. The number of hydrogen-bond acceptors (Lipinski definition) is 3. The highest BCUT2D eigenvalue weighted by Gasteiger charge is 2.10. The van der Waals surface area contributed by atoms with Crippen LogP contribution in [0, 0.1) is 0 Å². The van der Waals surface area contributed by atoms with Crippen molar-refractivity contribution in [1.82, 2.24) is 15.3 Å². The fourth-order valence-electron chi connectivity index (χ4n) is 2.91. The molecule has 2 heterocycles. The Kier molecular flexibility index (Phi) is 5.79. The van der Waals surface area contributed by atoms with Gasteiger partial charge in [0.1, 0.15) is 5.75 Å². The van der Waals surface area contributed by atoms with Gasteiger partial charge in [-0.15, -0.1) is 0 Å². The highest BCUT2D eigenvalue weighted by Crippen LogP contribution is 2.26. The van der Waals surface area contributed by atoms with Crippen LogP contribution < -0.4 is 15.6 Å². The predicted molar refractivity (Wildman–Crippen MR) is 113 cm³/mol. The summed E-state index contributed by atoms with van der Waals surface area (Å²) < 4.78 is 5.47. The molecule has 0 unspecified atom stereocenters. The summed E-state index contributed by atoms with van der Waals surface area (Å²) in [4.78, 5) is 29.9. The van der Waals surface area contributed by atoms with Crippen molar-refractivity contribution in [3.05, 3.63) is 65.0 Å². The Balaban J connectivity index is 0.00000109. The second-order valence-corrected chi connectivity index (χ2v) is 5.99. The lowest BCUT2D eigenvalue weighted by atomic mass is 10.1. The Morgan fingerprint density at radius 2 is 1.71 bits per heavy atom. The van der Waals surface area contributed by atoms with Crippen LogP contribution in [-0.4, -0.2) is 29.5 Å². The Morgan fingerprint density at radius 3 is 2.50 bits per heavy atom. The van der Waals surface area contributed by atoms with Crippen molar-refractivity contribution in [3.63, 3.8) is 0 Å². The van der Waals surface area contributed by atoms with Gasteiger partial charge >= 0.3 is 0 Å². The molecule has 0 bridgehead atoms. The van der Waals surface area contributed by atoms with Crippen molar-refractivity contribution in [2.75, 3.05) is 13.7 Å². The number of carbonyl (C=O) groups excluding carboxylic acids is 1. The Morgan fingerprint density at radius 1 is 0.964 bits per heavy atom. The second-order valence-electron chi connectivity index (χ2n) is 5.99. The van der Waals surface area contributed by atoms with E-state index >= 15 is 0 Å². The largest absolute Gasteiger partial charge is 0.484 e. The molecule has 0 aliphatic rings. The number of amides is 1. The first-order valence-electron chi connectivity index (χ1n) is 9.22. The van der Waals surface area contributed by atoms with Gasteiger partial charge in [0.15, 0.2) is 6.61 Å². The van der Waals surface area contributed by atoms with Gasteiger partial charge in [0.25, 0.3) is 11.5 Å². The van der Waals surface area contributed by atoms with Crippen LogP contribution in [0.15, 0.2) is 59.4 Å². The molecule has 0 aliphatic heterocycles. The molecular weight excluding hydrogens is 354 g/mol. The van der Waals surface area contributed by atoms with Crippen LogP contribution >= 0.6 is 0 Å². The second kappa shape index (κ2) is 8.43. The summed E-state index contributed by atoms with van der Waals surface area (Å²) in [6.45, 7) is 3.96. The number of fused-ring (bicyclic) bond motifs is 2. The van der Waals surface area contributed by atoms with Crippen LogP contribution in [0.4, 0.5) is 0 Å². The van der Waals surface area contributed by atoms with Gasteiger partial charge < -0.3 is 20.0 Å². The van der Waals surface area contributed by atoms with E-state index < -0.39 is 0 Å². The molecule has 0 saturated heterocycles. The van der Waals surface area contributed by atoms with Crippen molar-refractivity contribution in [2.24, 2.45) is 0 Å². The number of carbonyl (C=O) groups is 1. The molecule has 3 N–H and O–H groups in total. The van der Waals surface area contributed by atoms with E-state index in [1.165, 1.54) is 0 Å². The summed E-state index contributed by atoms with van der Waals surface area (Å²) in [7, 11) is 1.56. The van der Waals surface area contributed by atoms with E-state index in [1.54, 1.807) is 13.1 Å². The van der Waals surface area contributed by atoms with Crippen LogP contribution in [0.2, 0.25) is 0 Å². The fourth-order valence-corrected chi connectivity index (χ4v) is 2.91. The molecular formula is C22H23N3O3. The number of nitrogens with one attached hydrogen (secondary N) is 3. The summed E-state index contributed by atoms with van der Waals surface area (Å²) in [6.07, 6.45) is 0. The zero-order valence-electron chi connectivity index (χ0n) is 16.1. The van der Waals surface area contributed by atoms with Crippen molar-refractivity contribution in [2.45, 2.75) is 13.8 Å². The average molecular weight is 377 g/mol. The number of hydrogen-bond donors (Lipinski definition) is 3. The molecule has 0 spiro atoms. The lowest BCUT2D eigenvalue weighted by Crippen LogP contribution is -2.24. The maximum Gasteiger partial charge on any atom is 0.257 e. The van der Waals surface area contributed by atoms with Crippen molar-refractivity contribution >= 4 is 27.7 Å². The van der Waals surface area contributed by atoms with Gasteiger partial charge in [0.2, 0.25) is 0 Å². The monoisotopic (exact) mass is 377 g/mol. The van der Waals surface area contributed by atoms with Gasteiger partial charge in [-0.25, -0.2) is 0 Å². The fraction of sp³-hybridized carbons (Fsp3) is 0.182. The third kappa shape index (κ3) is 3.91. The summed E-state index contributed by atoms with van der Waals surface area (Å²) in [6, 6.07) is 16.9. The highest BCUT2D eigenvalue weighted by molar-refractivity contribution is 5.89. The molecule has 6 nitrogen and oxygen atoms in total. The summed E-state index contributed by atoms with van der Waals surface area (Å²) in [5.41, 5.74) is 2.86. The van der Waals surface area contributed by atoms with E-state index in [0.717, 1.165) is 27.5 Å². The molecule has 4 aromatic rings. The lowest BCUT2D eigenvalue weighted by molar-refractivity contribution is -0.122. The number of benzene rings is 2. The summed E-state index contributed by atoms with van der Waals surface area (Å²) in [5.74, 6) is 0.404. The Hall–Kier alpha value is -3.54. The van der Waals surface area contributed by atoms with Gasteiger partial charge in [-0.05, 0) is 41.8 Å². The smallest absolute Gasteiger partial charge is 0.257 e. The molecule has 0 saturated carbocycles. The highest BCUT2D eigenvalue weighted by atomic mass is 16.5. The summed E-state index contributed by atoms with van der Waals surface area (Å²) >= 11 is 0. The van der Waals surface area contributed by atoms with Crippen LogP contribution in [0.25, 0.3) is 33.1 Å². The van der Waals surface area contributed by atoms with Crippen molar-refractivity contribution < 1.29 is 9.53 Å². The van der Waals surface area contributed by atoms with E-state index in [2.05, 4.69) is 15.3 Å². The minimum Gasteiger partial charge on any atom is -0.484 e. The molecule has 6 heteroatoms. The minimum absolute atomic E-state index is 0.0381. The van der Waals surface area contributed by atoms with Crippen LogP contribution in [0.3, 0.4) is 0 Å². The Bertz CT molecular complexity index is 1170. The third-order valence-electron chi connectivity index (χ3n) is 4.28. The number of likely N-dealkylation sites (N-methyl/N-ethyl adjacent to an activating group) is 1. The lowest BCUT2D eigenvalue weighted by Gasteiger charge is -2.04. The topological polar surface area (TPSA) is 87.0 Å². The molecule has 144 valence electrons. The first kappa shape index (κ1) is 19.2. The van der Waals surface area contributed by atoms with Crippen LogP contribution in [0.1, 0.15) is 13.8 Å². The SMILES string of the molecule is CC.CNC(=O)COc1ccc2[nH]c(-c3cc4ccccc4[nH]c3=O)cc2c1. The van der Waals surface area contributed by atoms with Gasteiger partial charge in [-0.1, -0.05) is 32.0 Å². The van der Waals surface area contributed by atoms with Crippen molar-refractivity contribution in [1.29, 1.82) is 0 Å². The van der Waals surface area contributed by atoms with Crippen molar-refractivity contribution in [3.8, 4) is 17.0 Å². The number of rotatable bonds is 4. The number of aromatic nitrogens is 2. The van der Waals surface area contributed by atoms with Gasteiger partial charge in [-0.2, -0.15) is 0 Å². The molecule has 1 amide bonds. The molecule has 0 atom stereocenters. The first-order chi connectivity index (χ1) is 13.6. The molecule has 2 aromatic carbocycles. The predicted octanol–water partition coefficient (Wildman–Crippen LogP) is 3.83. The molecule has 28 heavy (non-hydrogen) atoms. The first-order valence-corrected chi connectivity index (χ1v) is 9.22. The molecule has 0 fully saturated rings. The molecule has 0 radical (unpaired) electrons. The maximum atomic E-state index is 12.4. The average Bonchev–Trinajstić information content (AvgIpc) is 3.16. The molecule has 4 rings (SSSR count). The molecule has 0 aliphatic carbocycles. The van der Waals surface area contributed by atoms with E-state index in [4.69, 9.17) is 4.74 Å². The number of H-pyrrole nitrogens is 2. The van der Waals surface area contributed by atoms with Gasteiger partial charge in [0, 0.05) is 23.5 Å². The quantitative estimate of drug-likeness (QED) is 0.505. The maximum absolute atomic E-state index is 12.4. The number of ether oxygens (including phenoxy) is 1. The zero-order valence-corrected chi connectivity index (χ0v) is 16.1. The van der Waals surface area contributed by atoms with E-state index in [-0.39, 0.29) is 18.1 Å². The zero-order chi connectivity index (χ0) is 20.1. The standard InChI is InChI=1S/C20H17N3O3.C2H6/c1-21-19(24)11-26-14-6-7-17-13(8-14)10-18(22-17)15-9-12-4-2-3-5-16(12)23-20(15)25;1-2/h2-10,22H,11H2,1H3,(H,21,24)(H,23,25);1-2H3. The van der Waals surface area contributed by atoms with Crippen LogP contribution in [-0.2, 0) is 4.79 Å². The van der Waals surface area contributed by atoms with E-state index in [1.807, 2.05) is 62.4 Å². The number of pyridine rings is 1. The Labute approximate surface area is 162 Å². The number of aromatic amines is 2. The molecule has 2 aromatic heterocycles. The van der Waals surface area contributed by atoms with Gasteiger partial charge in [0.05, 0.1) is 11.3 Å². The minimum atomic E-state index is -0.192. The third-order valence-corrected chi connectivity index (χ3v) is 4.28. The normalized spacial score (nSPS) is 10.4. The van der Waals surface area contributed by atoms with E-state index in [0.29, 0.717) is 11.3 Å². The van der Waals surface area contributed by atoms with Crippen LogP contribution in [0.5, 0.6) is 5.75 Å². The summed E-state index contributed by atoms with van der Waals surface area (Å²) in [5, 5.41) is 4.38. The van der Waals surface area contributed by atoms with E-state index in [9.17, 15) is 9.59 Å². The van der Waals surface area contributed by atoms with Gasteiger partial charge in [-0.3, -0.25) is 9.59 Å².